The van der Waals surface area contributed by atoms with Crippen molar-refractivity contribution in [2.24, 2.45) is 0 Å². The molecule has 0 aromatic heterocycles. The number of hydrogen-bond acceptors (Lipinski definition) is 2. The van der Waals surface area contributed by atoms with E-state index in [0.717, 1.165) is 0 Å². The van der Waals surface area contributed by atoms with Crippen LogP contribution < -0.4 is 0 Å². The molecule has 1 fully saturated rings. The summed E-state index contributed by atoms with van der Waals surface area (Å²) in [6.07, 6.45) is 1.37. The van der Waals surface area contributed by atoms with Crippen molar-refractivity contribution in [3.05, 3.63) is 0 Å². The predicted octanol–water partition coefficient (Wildman–Crippen LogP) is 2.26. The van der Waals surface area contributed by atoms with Gasteiger partial charge in [0.1, 0.15) is 5.78 Å². The largest absolute Gasteiger partial charge is 0.300 e. The molecule has 1 rings (SSSR count). The van der Waals surface area contributed by atoms with Crippen molar-refractivity contribution >= 4 is 18.2 Å². The predicted molar refractivity (Wildman–Crippen MR) is 57.4 cm³/mol. The van der Waals surface area contributed by atoms with Gasteiger partial charge >= 0.3 is 0 Å². The molecule has 0 aromatic rings. The number of ketones is 1. The standard InChI is InChI=1S/C10H19NO.ClH/c1-9(2)6-8(12)7-10(3,4)11(9)5;/h6-7H2,1-5H3;1H. The molecular formula is C10H20ClNO. The molecule has 2 nitrogen and oxygen atoms in total. The Hall–Kier alpha value is -0.0800. The first kappa shape index (κ1) is 12.9. The summed E-state index contributed by atoms with van der Waals surface area (Å²) in [5.41, 5.74) is 0.0532. The maximum Gasteiger partial charge on any atom is 0.136 e. The summed E-state index contributed by atoms with van der Waals surface area (Å²) in [6, 6.07) is 0. The Morgan fingerprint density at radius 3 is 1.69 bits per heavy atom. The lowest BCUT2D eigenvalue weighted by molar-refractivity contribution is -0.131. The van der Waals surface area contributed by atoms with Crippen LogP contribution in [0.3, 0.4) is 0 Å². The van der Waals surface area contributed by atoms with Gasteiger partial charge in [-0.15, -0.1) is 12.4 Å². The monoisotopic (exact) mass is 205 g/mol. The van der Waals surface area contributed by atoms with Gasteiger partial charge in [-0.1, -0.05) is 0 Å². The van der Waals surface area contributed by atoms with Gasteiger partial charge in [0.05, 0.1) is 0 Å². The van der Waals surface area contributed by atoms with Crippen molar-refractivity contribution in [1.82, 2.24) is 4.90 Å². The van der Waals surface area contributed by atoms with Crippen molar-refractivity contribution in [1.29, 1.82) is 0 Å². The van der Waals surface area contributed by atoms with Crippen LogP contribution >= 0.6 is 12.4 Å². The third kappa shape index (κ3) is 2.44. The number of piperidine rings is 1. The molecule has 13 heavy (non-hydrogen) atoms. The topological polar surface area (TPSA) is 20.3 Å². The Morgan fingerprint density at radius 1 is 1.08 bits per heavy atom. The summed E-state index contributed by atoms with van der Waals surface area (Å²) in [5, 5.41) is 0. The number of rotatable bonds is 0. The summed E-state index contributed by atoms with van der Waals surface area (Å²) in [6.45, 7) is 8.52. The fourth-order valence-electron chi connectivity index (χ4n) is 2.08. The minimum absolute atomic E-state index is 0. The van der Waals surface area contributed by atoms with Crippen LogP contribution in [0.1, 0.15) is 40.5 Å². The van der Waals surface area contributed by atoms with Crippen LogP contribution in [0, 0.1) is 0 Å². The van der Waals surface area contributed by atoms with E-state index in [1.165, 1.54) is 0 Å². The molecule has 3 heteroatoms. The molecule has 0 aliphatic carbocycles. The van der Waals surface area contributed by atoms with Gasteiger partial charge in [0.25, 0.3) is 0 Å². The highest BCUT2D eigenvalue weighted by Gasteiger charge is 2.42. The fourth-order valence-corrected chi connectivity index (χ4v) is 2.08. The van der Waals surface area contributed by atoms with E-state index < -0.39 is 0 Å². The van der Waals surface area contributed by atoms with Crippen LogP contribution in [0.15, 0.2) is 0 Å². The van der Waals surface area contributed by atoms with E-state index in [4.69, 9.17) is 0 Å². The number of carbonyl (C=O) groups is 1. The number of hydrogen-bond donors (Lipinski definition) is 0. The third-order valence-electron chi connectivity index (χ3n) is 3.08. The van der Waals surface area contributed by atoms with Crippen molar-refractivity contribution in [3.8, 4) is 0 Å². The van der Waals surface area contributed by atoms with Crippen molar-refractivity contribution in [2.75, 3.05) is 7.05 Å². The van der Waals surface area contributed by atoms with E-state index in [2.05, 4.69) is 39.6 Å². The minimum atomic E-state index is 0. The minimum Gasteiger partial charge on any atom is -0.300 e. The zero-order chi connectivity index (χ0) is 9.57. The highest BCUT2D eigenvalue weighted by molar-refractivity contribution is 5.85. The van der Waals surface area contributed by atoms with Gasteiger partial charge in [-0.05, 0) is 34.7 Å². The van der Waals surface area contributed by atoms with Crippen LogP contribution in [0.5, 0.6) is 0 Å². The second-order valence-corrected chi connectivity index (χ2v) is 5.08. The second-order valence-electron chi connectivity index (χ2n) is 5.08. The normalized spacial score (nSPS) is 26.7. The van der Waals surface area contributed by atoms with Crippen LogP contribution in [0.4, 0.5) is 0 Å². The summed E-state index contributed by atoms with van der Waals surface area (Å²) < 4.78 is 0. The molecule has 0 spiro atoms. The number of likely N-dealkylation sites (tertiary alicyclic amines) is 1. The molecule has 0 amide bonds. The molecule has 0 unspecified atom stereocenters. The molecule has 0 N–H and O–H groups in total. The quantitative estimate of drug-likeness (QED) is 0.605. The first-order valence-corrected chi connectivity index (χ1v) is 4.51. The first-order valence-electron chi connectivity index (χ1n) is 4.51. The fraction of sp³-hybridized carbons (Fsp3) is 0.900. The smallest absolute Gasteiger partial charge is 0.136 e. The van der Waals surface area contributed by atoms with Gasteiger partial charge in [-0.25, -0.2) is 0 Å². The lowest BCUT2D eigenvalue weighted by Gasteiger charge is -2.50. The molecule has 78 valence electrons. The van der Waals surface area contributed by atoms with E-state index in [0.29, 0.717) is 18.6 Å². The molecule has 1 saturated heterocycles. The molecule has 0 bridgehead atoms. The Kier molecular flexibility index (Phi) is 3.56. The van der Waals surface area contributed by atoms with Crippen molar-refractivity contribution in [3.63, 3.8) is 0 Å². The average Bonchev–Trinajstić information content (AvgIpc) is 1.80. The van der Waals surface area contributed by atoms with Gasteiger partial charge in [0, 0.05) is 23.9 Å². The van der Waals surface area contributed by atoms with Crippen LogP contribution in [-0.2, 0) is 4.79 Å². The first-order chi connectivity index (χ1) is 5.26. The maximum absolute atomic E-state index is 11.4. The SMILES string of the molecule is CN1C(C)(C)CC(=O)CC1(C)C.Cl. The number of carbonyl (C=O) groups excluding carboxylic acids is 1. The van der Waals surface area contributed by atoms with Crippen LogP contribution in [0.2, 0.25) is 0 Å². The summed E-state index contributed by atoms with van der Waals surface area (Å²) in [5.74, 6) is 0.392. The third-order valence-corrected chi connectivity index (χ3v) is 3.08. The van der Waals surface area contributed by atoms with Gasteiger partial charge in [0.15, 0.2) is 0 Å². The molecule has 0 saturated carbocycles. The van der Waals surface area contributed by atoms with E-state index in [9.17, 15) is 4.79 Å². The summed E-state index contributed by atoms with van der Waals surface area (Å²) >= 11 is 0. The molecule has 1 heterocycles. The molecule has 0 radical (unpaired) electrons. The zero-order valence-corrected chi connectivity index (χ0v) is 9.99. The lowest BCUT2D eigenvalue weighted by atomic mass is 9.80. The van der Waals surface area contributed by atoms with E-state index in [1.54, 1.807) is 0 Å². The van der Waals surface area contributed by atoms with Crippen molar-refractivity contribution < 1.29 is 4.79 Å². The highest BCUT2D eigenvalue weighted by atomic mass is 35.5. The number of Topliss-reactive ketones (excluding diaryl/α,β-unsaturated/α-hetero) is 1. The molecule has 0 aromatic carbocycles. The summed E-state index contributed by atoms with van der Waals surface area (Å²) in [7, 11) is 2.10. The Labute approximate surface area is 87.1 Å². The highest BCUT2D eigenvalue weighted by Crippen LogP contribution is 2.34. The molecular weight excluding hydrogens is 186 g/mol. The Balaban J connectivity index is 0.00000144. The van der Waals surface area contributed by atoms with E-state index in [-0.39, 0.29) is 23.5 Å². The zero-order valence-electron chi connectivity index (χ0n) is 9.18. The average molecular weight is 206 g/mol. The van der Waals surface area contributed by atoms with Gasteiger partial charge in [-0.3, -0.25) is 9.69 Å². The Bertz CT molecular complexity index is 191. The van der Waals surface area contributed by atoms with Crippen LogP contribution in [-0.4, -0.2) is 28.8 Å². The van der Waals surface area contributed by atoms with E-state index in [1.807, 2.05) is 0 Å². The number of halogens is 1. The molecule has 1 aliphatic heterocycles. The van der Waals surface area contributed by atoms with Gasteiger partial charge in [0.2, 0.25) is 0 Å². The second kappa shape index (κ2) is 3.58. The van der Waals surface area contributed by atoms with Gasteiger partial charge in [-0.2, -0.15) is 0 Å². The van der Waals surface area contributed by atoms with Crippen molar-refractivity contribution in [2.45, 2.75) is 51.6 Å². The molecule has 0 atom stereocenters. The van der Waals surface area contributed by atoms with E-state index >= 15 is 0 Å². The molecule has 1 aliphatic rings. The Morgan fingerprint density at radius 2 is 1.38 bits per heavy atom. The van der Waals surface area contributed by atoms with Crippen LogP contribution in [0.25, 0.3) is 0 Å². The summed E-state index contributed by atoms with van der Waals surface area (Å²) in [4.78, 5) is 13.7. The lowest BCUT2D eigenvalue weighted by Crippen LogP contribution is -2.58. The number of nitrogens with zero attached hydrogens (tertiary/aromatic N) is 1. The van der Waals surface area contributed by atoms with Gasteiger partial charge < -0.3 is 0 Å². The maximum atomic E-state index is 11.4.